The van der Waals surface area contributed by atoms with E-state index in [4.69, 9.17) is 10.6 Å². The van der Waals surface area contributed by atoms with Crippen LogP contribution in [0.1, 0.15) is 6.04 Å². The molecule has 0 saturated carbocycles. The molecule has 0 aliphatic rings. The van der Waals surface area contributed by atoms with Gasteiger partial charge in [0.05, 0.1) is 12.9 Å². The topological polar surface area (TPSA) is 82.2 Å². The molecule has 0 spiro atoms. The molecule has 1 heterocycles. The number of aromatic nitrogens is 2. The molecule has 1 aromatic heterocycles. The van der Waals surface area contributed by atoms with Gasteiger partial charge in [-0.05, 0) is 0 Å². The zero-order valence-electron chi connectivity index (χ0n) is 7.30. The summed E-state index contributed by atoms with van der Waals surface area (Å²) >= 11 is 0. The summed E-state index contributed by atoms with van der Waals surface area (Å²) in [6, 6.07) is -0.461. The fraction of sp³-hybridized carbons (Fsp3) is 0.429. The summed E-state index contributed by atoms with van der Waals surface area (Å²) in [7, 11) is 1.52. The van der Waals surface area contributed by atoms with Crippen LogP contribution in [-0.4, -0.2) is 29.2 Å². The van der Waals surface area contributed by atoms with Gasteiger partial charge >= 0.3 is 0 Å². The van der Waals surface area contributed by atoms with Gasteiger partial charge in [-0.3, -0.25) is 10.2 Å². The van der Waals surface area contributed by atoms with Gasteiger partial charge < -0.3 is 9.30 Å². The van der Waals surface area contributed by atoms with Crippen molar-refractivity contribution in [2.75, 3.05) is 13.7 Å². The van der Waals surface area contributed by atoms with E-state index < -0.39 is 6.04 Å². The van der Waals surface area contributed by atoms with Crippen LogP contribution in [0.25, 0.3) is 0 Å². The Hall–Kier alpha value is -1.40. The van der Waals surface area contributed by atoms with E-state index >= 15 is 0 Å². The summed E-state index contributed by atoms with van der Waals surface area (Å²) in [4.78, 5) is 15.1. The lowest BCUT2D eigenvalue weighted by Crippen LogP contribution is -2.38. The minimum Gasteiger partial charge on any atom is -0.382 e. The van der Waals surface area contributed by atoms with Gasteiger partial charge in [-0.15, -0.1) is 0 Å². The third kappa shape index (κ3) is 2.27. The Balaban J connectivity index is 2.74. The molecule has 0 aliphatic carbocycles. The zero-order chi connectivity index (χ0) is 9.68. The van der Waals surface area contributed by atoms with E-state index in [2.05, 4.69) is 10.4 Å². The van der Waals surface area contributed by atoms with Gasteiger partial charge in [0.1, 0.15) is 6.04 Å². The van der Waals surface area contributed by atoms with Gasteiger partial charge in [0, 0.05) is 19.5 Å². The van der Waals surface area contributed by atoms with Crippen molar-refractivity contribution in [3.8, 4) is 0 Å². The van der Waals surface area contributed by atoms with Crippen LogP contribution in [0.5, 0.6) is 0 Å². The second-order valence-electron chi connectivity index (χ2n) is 2.49. The van der Waals surface area contributed by atoms with Gasteiger partial charge in [-0.2, -0.15) is 0 Å². The van der Waals surface area contributed by atoms with E-state index in [9.17, 15) is 4.79 Å². The molecule has 6 nitrogen and oxygen atoms in total. The maximum atomic E-state index is 11.2. The zero-order valence-corrected chi connectivity index (χ0v) is 7.30. The van der Waals surface area contributed by atoms with Gasteiger partial charge in [0.2, 0.25) is 0 Å². The van der Waals surface area contributed by atoms with Gasteiger partial charge in [-0.1, -0.05) is 0 Å². The minimum atomic E-state index is -0.461. The molecule has 0 bridgehead atoms. The summed E-state index contributed by atoms with van der Waals surface area (Å²) in [6.07, 6.45) is 4.81. The molecule has 0 aromatic carbocycles. The van der Waals surface area contributed by atoms with Crippen molar-refractivity contribution in [2.45, 2.75) is 6.04 Å². The summed E-state index contributed by atoms with van der Waals surface area (Å²) < 4.78 is 6.52. The fourth-order valence-electron chi connectivity index (χ4n) is 1.01. The molecule has 1 unspecified atom stereocenters. The molecule has 1 rings (SSSR count). The van der Waals surface area contributed by atoms with Crippen molar-refractivity contribution in [1.29, 1.82) is 0 Å². The molecule has 1 atom stereocenters. The first-order valence-electron chi connectivity index (χ1n) is 3.76. The highest BCUT2D eigenvalue weighted by atomic mass is 16.5. The lowest BCUT2D eigenvalue weighted by Gasteiger charge is -2.14. The number of rotatable bonds is 4. The number of imidazole rings is 1. The Morgan fingerprint density at radius 3 is 3.08 bits per heavy atom. The van der Waals surface area contributed by atoms with Crippen molar-refractivity contribution in [2.24, 2.45) is 5.84 Å². The Labute approximate surface area is 75.7 Å². The van der Waals surface area contributed by atoms with E-state index in [0.29, 0.717) is 0 Å². The predicted molar refractivity (Wildman–Crippen MR) is 45.5 cm³/mol. The lowest BCUT2D eigenvalue weighted by molar-refractivity contribution is -0.125. The van der Waals surface area contributed by atoms with Crippen molar-refractivity contribution in [3.63, 3.8) is 0 Å². The van der Waals surface area contributed by atoms with Crippen LogP contribution in [0.15, 0.2) is 18.7 Å². The van der Waals surface area contributed by atoms with Crippen LogP contribution in [-0.2, 0) is 9.53 Å². The summed E-state index contributed by atoms with van der Waals surface area (Å²) in [5.74, 6) is 4.71. The first-order chi connectivity index (χ1) is 6.29. The van der Waals surface area contributed by atoms with E-state index in [1.807, 2.05) is 0 Å². The third-order valence-corrected chi connectivity index (χ3v) is 1.65. The van der Waals surface area contributed by atoms with Crippen molar-refractivity contribution in [1.82, 2.24) is 15.0 Å². The van der Waals surface area contributed by atoms with E-state index in [-0.39, 0.29) is 12.5 Å². The molecule has 1 aromatic rings. The van der Waals surface area contributed by atoms with Gasteiger partial charge in [-0.25, -0.2) is 10.8 Å². The number of carbonyl (C=O) groups is 1. The monoisotopic (exact) mass is 184 g/mol. The van der Waals surface area contributed by atoms with Crippen molar-refractivity contribution >= 4 is 5.91 Å². The maximum absolute atomic E-state index is 11.2. The van der Waals surface area contributed by atoms with Crippen LogP contribution in [0.4, 0.5) is 0 Å². The van der Waals surface area contributed by atoms with E-state index in [0.717, 1.165) is 0 Å². The van der Waals surface area contributed by atoms with Crippen molar-refractivity contribution < 1.29 is 9.53 Å². The highest BCUT2D eigenvalue weighted by Gasteiger charge is 2.18. The normalized spacial score (nSPS) is 12.5. The summed E-state index contributed by atoms with van der Waals surface area (Å²) in [5, 5.41) is 0. The molecular weight excluding hydrogens is 172 g/mol. The second kappa shape index (κ2) is 4.58. The van der Waals surface area contributed by atoms with E-state index in [1.165, 1.54) is 7.11 Å². The number of nitrogens with two attached hydrogens (primary N) is 1. The number of hydrazine groups is 1. The van der Waals surface area contributed by atoms with Crippen LogP contribution in [0.2, 0.25) is 0 Å². The number of hydrogen-bond acceptors (Lipinski definition) is 4. The van der Waals surface area contributed by atoms with E-state index in [1.54, 1.807) is 23.3 Å². The second-order valence-corrected chi connectivity index (χ2v) is 2.49. The first-order valence-corrected chi connectivity index (χ1v) is 3.76. The highest BCUT2D eigenvalue weighted by Crippen LogP contribution is 2.05. The standard InChI is InChI=1S/C7H12N4O2/c1-13-4-6(7(12)10-8)11-3-2-9-5-11/h2-3,5-6H,4,8H2,1H3,(H,10,12). The van der Waals surface area contributed by atoms with Crippen LogP contribution in [0, 0.1) is 0 Å². The average Bonchev–Trinajstić information content (AvgIpc) is 2.65. The fourth-order valence-corrected chi connectivity index (χ4v) is 1.01. The van der Waals surface area contributed by atoms with Crippen LogP contribution >= 0.6 is 0 Å². The highest BCUT2D eigenvalue weighted by molar-refractivity contribution is 5.79. The molecule has 0 fully saturated rings. The van der Waals surface area contributed by atoms with Crippen LogP contribution < -0.4 is 11.3 Å². The number of nitrogens with zero attached hydrogens (tertiary/aromatic N) is 2. The minimum absolute atomic E-state index is 0.263. The predicted octanol–water partition coefficient (Wildman–Crippen LogP) is -0.939. The molecule has 1 amide bonds. The number of nitrogens with one attached hydrogen (secondary N) is 1. The largest absolute Gasteiger partial charge is 0.382 e. The Morgan fingerprint density at radius 2 is 2.62 bits per heavy atom. The Morgan fingerprint density at radius 1 is 1.85 bits per heavy atom. The molecule has 72 valence electrons. The van der Waals surface area contributed by atoms with Crippen molar-refractivity contribution in [3.05, 3.63) is 18.7 Å². The first kappa shape index (κ1) is 9.69. The number of ether oxygens (including phenoxy) is 1. The molecule has 0 saturated heterocycles. The molecule has 0 radical (unpaired) electrons. The SMILES string of the molecule is COCC(C(=O)NN)n1ccnc1. The third-order valence-electron chi connectivity index (χ3n) is 1.65. The summed E-state index contributed by atoms with van der Waals surface area (Å²) in [5.41, 5.74) is 2.07. The van der Waals surface area contributed by atoms with Crippen LogP contribution in [0.3, 0.4) is 0 Å². The number of hydrogen-bond donors (Lipinski definition) is 2. The molecule has 13 heavy (non-hydrogen) atoms. The van der Waals surface area contributed by atoms with Gasteiger partial charge in [0.15, 0.2) is 0 Å². The lowest BCUT2D eigenvalue weighted by atomic mass is 10.3. The number of methoxy groups -OCH3 is 1. The summed E-state index contributed by atoms with van der Waals surface area (Å²) in [6.45, 7) is 0.263. The Kier molecular flexibility index (Phi) is 3.41. The average molecular weight is 184 g/mol. The number of carbonyl (C=O) groups excluding carboxylic acids is 1. The quantitative estimate of drug-likeness (QED) is 0.359. The Bertz CT molecular complexity index is 259. The molecule has 6 heteroatoms. The molecule has 0 aliphatic heterocycles. The molecular formula is C7H12N4O2. The molecule has 3 N–H and O–H groups in total. The maximum Gasteiger partial charge on any atom is 0.259 e. The van der Waals surface area contributed by atoms with Gasteiger partial charge in [0.25, 0.3) is 5.91 Å². The smallest absolute Gasteiger partial charge is 0.259 e. The number of amides is 1.